The van der Waals surface area contributed by atoms with Crippen LogP contribution < -0.4 is 10.2 Å². The summed E-state index contributed by atoms with van der Waals surface area (Å²) in [5, 5.41) is 3.54. The van der Waals surface area contributed by atoms with E-state index in [4.69, 9.17) is 0 Å². The summed E-state index contributed by atoms with van der Waals surface area (Å²) in [4.78, 5) is 5.11. The first-order chi connectivity index (χ1) is 10.1. The Bertz CT molecular complexity index is 440. The number of anilines is 1. The molecule has 3 nitrogen and oxygen atoms in total. The van der Waals surface area contributed by atoms with Gasteiger partial charge in [-0.1, -0.05) is 42.8 Å². The molecule has 1 N–H and O–H groups in total. The van der Waals surface area contributed by atoms with E-state index < -0.39 is 0 Å². The zero-order valence-corrected chi connectivity index (χ0v) is 15.1. The third-order valence-corrected chi connectivity index (χ3v) is 4.49. The van der Waals surface area contributed by atoms with E-state index in [1.807, 2.05) is 0 Å². The van der Waals surface area contributed by atoms with Crippen molar-refractivity contribution >= 4 is 21.6 Å². The van der Waals surface area contributed by atoms with Gasteiger partial charge in [-0.2, -0.15) is 0 Å². The van der Waals surface area contributed by atoms with Crippen LogP contribution in [0.3, 0.4) is 0 Å². The van der Waals surface area contributed by atoms with Gasteiger partial charge in [-0.15, -0.1) is 0 Å². The van der Waals surface area contributed by atoms with Crippen molar-refractivity contribution in [1.29, 1.82) is 0 Å². The number of hydrogen-bond acceptors (Lipinski definition) is 3. The summed E-state index contributed by atoms with van der Waals surface area (Å²) in [6.07, 6.45) is 1.25. The fourth-order valence-electron chi connectivity index (χ4n) is 2.82. The van der Waals surface area contributed by atoms with Gasteiger partial charge < -0.3 is 10.2 Å². The molecule has 1 fully saturated rings. The fraction of sp³-hybridized carbons (Fsp3) is 0.647. The van der Waals surface area contributed by atoms with Gasteiger partial charge in [0, 0.05) is 48.9 Å². The topological polar surface area (TPSA) is 18.5 Å². The van der Waals surface area contributed by atoms with Crippen molar-refractivity contribution in [1.82, 2.24) is 10.2 Å². The molecule has 1 saturated heterocycles. The van der Waals surface area contributed by atoms with Gasteiger partial charge in [0.25, 0.3) is 0 Å². The molecular formula is C17H28BrN3. The number of benzene rings is 1. The molecule has 0 atom stereocenters. The lowest BCUT2D eigenvalue weighted by Crippen LogP contribution is -2.47. The van der Waals surface area contributed by atoms with E-state index in [0.29, 0.717) is 6.04 Å². The van der Waals surface area contributed by atoms with E-state index in [9.17, 15) is 0 Å². The van der Waals surface area contributed by atoms with Crippen molar-refractivity contribution in [3.63, 3.8) is 0 Å². The van der Waals surface area contributed by atoms with Gasteiger partial charge in [-0.05, 0) is 30.7 Å². The van der Waals surface area contributed by atoms with E-state index in [1.165, 1.54) is 41.8 Å². The second kappa shape index (κ2) is 8.16. The van der Waals surface area contributed by atoms with Crippen molar-refractivity contribution in [3.05, 3.63) is 28.2 Å². The molecule has 21 heavy (non-hydrogen) atoms. The molecule has 0 aliphatic carbocycles. The van der Waals surface area contributed by atoms with Crippen LogP contribution in [0.25, 0.3) is 0 Å². The molecule has 1 aromatic rings. The lowest BCUT2D eigenvalue weighted by molar-refractivity contribution is 0.258. The van der Waals surface area contributed by atoms with Gasteiger partial charge in [0.2, 0.25) is 0 Å². The Morgan fingerprint density at radius 3 is 2.52 bits per heavy atom. The van der Waals surface area contributed by atoms with Crippen LogP contribution in [0.2, 0.25) is 0 Å². The van der Waals surface area contributed by atoms with Gasteiger partial charge in [-0.3, -0.25) is 4.90 Å². The summed E-state index contributed by atoms with van der Waals surface area (Å²) in [5.41, 5.74) is 2.78. The molecule has 2 rings (SSSR count). The van der Waals surface area contributed by atoms with Crippen LogP contribution >= 0.6 is 15.9 Å². The highest BCUT2D eigenvalue weighted by molar-refractivity contribution is 9.10. The maximum absolute atomic E-state index is 3.62. The molecule has 118 valence electrons. The molecular weight excluding hydrogens is 326 g/mol. The lowest BCUT2D eigenvalue weighted by atomic mass is 10.1. The van der Waals surface area contributed by atoms with Crippen LogP contribution in [0.5, 0.6) is 0 Å². The molecule has 0 unspecified atom stereocenters. The minimum atomic E-state index is 0.517. The minimum absolute atomic E-state index is 0.517. The smallest absolute Gasteiger partial charge is 0.0424 e. The molecule has 1 heterocycles. The van der Waals surface area contributed by atoms with E-state index in [0.717, 1.165) is 19.6 Å². The van der Waals surface area contributed by atoms with Crippen molar-refractivity contribution < 1.29 is 0 Å². The number of rotatable bonds is 6. The van der Waals surface area contributed by atoms with E-state index in [-0.39, 0.29) is 0 Å². The Labute approximate surface area is 137 Å². The monoisotopic (exact) mass is 353 g/mol. The van der Waals surface area contributed by atoms with Gasteiger partial charge in [-0.25, -0.2) is 0 Å². The van der Waals surface area contributed by atoms with E-state index in [1.54, 1.807) is 0 Å². The highest BCUT2D eigenvalue weighted by atomic mass is 79.9. The third-order valence-electron chi connectivity index (χ3n) is 4.00. The van der Waals surface area contributed by atoms with Crippen LogP contribution in [-0.2, 0) is 6.54 Å². The molecule has 4 heteroatoms. The van der Waals surface area contributed by atoms with Crippen LogP contribution in [0.15, 0.2) is 22.7 Å². The van der Waals surface area contributed by atoms with Crippen LogP contribution in [0, 0.1) is 0 Å². The summed E-state index contributed by atoms with van der Waals surface area (Å²) >= 11 is 3.62. The molecule has 0 aromatic heterocycles. The van der Waals surface area contributed by atoms with Gasteiger partial charge >= 0.3 is 0 Å². The predicted molar refractivity (Wildman–Crippen MR) is 95.1 cm³/mol. The van der Waals surface area contributed by atoms with Crippen molar-refractivity contribution in [2.75, 3.05) is 37.6 Å². The van der Waals surface area contributed by atoms with Crippen molar-refractivity contribution in [2.24, 2.45) is 0 Å². The standard InChI is InChI=1S/C17H28BrN3/c1-4-7-20-8-10-21(11-9-20)17-12-16(18)6-5-15(17)13-19-14(2)3/h5-6,12,14,19H,4,7-11,13H2,1-3H3. The van der Waals surface area contributed by atoms with Crippen LogP contribution in [0.1, 0.15) is 32.8 Å². The predicted octanol–water partition coefficient (Wildman–Crippen LogP) is 3.48. The Balaban J connectivity index is 2.06. The maximum atomic E-state index is 3.62. The Morgan fingerprint density at radius 2 is 1.90 bits per heavy atom. The van der Waals surface area contributed by atoms with Gasteiger partial charge in [0.05, 0.1) is 0 Å². The average Bonchev–Trinajstić information content (AvgIpc) is 2.47. The average molecular weight is 354 g/mol. The number of nitrogens with zero attached hydrogens (tertiary/aromatic N) is 2. The largest absolute Gasteiger partial charge is 0.369 e. The molecule has 0 bridgehead atoms. The van der Waals surface area contributed by atoms with E-state index >= 15 is 0 Å². The quantitative estimate of drug-likeness (QED) is 0.844. The highest BCUT2D eigenvalue weighted by Crippen LogP contribution is 2.26. The summed E-state index contributed by atoms with van der Waals surface area (Å²) in [6, 6.07) is 7.18. The SMILES string of the molecule is CCCN1CCN(c2cc(Br)ccc2CNC(C)C)CC1. The van der Waals surface area contributed by atoms with Gasteiger partial charge in [0.15, 0.2) is 0 Å². The molecule has 0 amide bonds. The van der Waals surface area contributed by atoms with Crippen molar-refractivity contribution in [2.45, 2.75) is 39.8 Å². The summed E-state index contributed by atoms with van der Waals surface area (Å²) in [5.74, 6) is 0. The van der Waals surface area contributed by atoms with Crippen LogP contribution in [-0.4, -0.2) is 43.7 Å². The molecule has 1 aromatic carbocycles. The summed E-state index contributed by atoms with van der Waals surface area (Å²) < 4.78 is 1.17. The molecule has 0 spiro atoms. The minimum Gasteiger partial charge on any atom is -0.369 e. The maximum Gasteiger partial charge on any atom is 0.0424 e. The zero-order valence-electron chi connectivity index (χ0n) is 13.5. The Kier molecular flexibility index (Phi) is 6.52. The fourth-order valence-corrected chi connectivity index (χ4v) is 3.17. The summed E-state index contributed by atoms with van der Waals surface area (Å²) in [6.45, 7) is 13.4. The Hall–Kier alpha value is -0.580. The van der Waals surface area contributed by atoms with Gasteiger partial charge in [0.1, 0.15) is 0 Å². The highest BCUT2D eigenvalue weighted by Gasteiger charge is 2.18. The normalized spacial score (nSPS) is 16.7. The number of nitrogens with one attached hydrogen (secondary N) is 1. The number of hydrogen-bond donors (Lipinski definition) is 1. The molecule has 0 radical (unpaired) electrons. The zero-order chi connectivity index (χ0) is 15.2. The van der Waals surface area contributed by atoms with E-state index in [2.05, 4.69) is 70.0 Å². The second-order valence-electron chi connectivity index (χ2n) is 6.14. The first-order valence-corrected chi connectivity index (χ1v) is 8.88. The van der Waals surface area contributed by atoms with Crippen molar-refractivity contribution in [3.8, 4) is 0 Å². The van der Waals surface area contributed by atoms with Crippen LogP contribution in [0.4, 0.5) is 5.69 Å². The number of piperazine rings is 1. The summed E-state index contributed by atoms with van der Waals surface area (Å²) in [7, 11) is 0. The second-order valence-corrected chi connectivity index (χ2v) is 7.05. The first-order valence-electron chi connectivity index (χ1n) is 8.09. The molecule has 1 aliphatic rings. The first kappa shape index (κ1) is 16.8. The third kappa shape index (κ3) is 4.97. The Morgan fingerprint density at radius 1 is 1.19 bits per heavy atom. The molecule has 1 aliphatic heterocycles. The lowest BCUT2D eigenvalue weighted by Gasteiger charge is -2.37. The molecule has 0 saturated carbocycles. The number of halogens is 1.